The molecular weight excluding hydrogens is 705 g/mol. The van der Waals surface area contributed by atoms with Gasteiger partial charge in [0, 0.05) is 62.9 Å². The highest BCUT2D eigenvalue weighted by molar-refractivity contribution is 6.00. The van der Waals surface area contributed by atoms with Crippen molar-refractivity contribution < 1.29 is 23.1 Å². The van der Waals surface area contributed by atoms with E-state index < -0.39 is 11.6 Å². The summed E-state index contributed by atoms with van der Waals surface area (Å²) in [5, 5.41) is 10.2. The summed E-state index contributed by atoms with van der Waals surface area (Å²) in [6.07, 6.45) is 7.55. The van der Waals surface area contributed by atoms with Crippen LogP contribution in [0.25, 0.3) is 5.52 Å². The molecule has 12 nitrogen and oxygen atoms in total. The SMILES string of the molecule is O=C1CCC(N2Cc3cccc(OCCCCCN4CCN(c5ccc(Nc6ncc7ccc(C#Cc8cc(F)cc(F)c8)n7n6)cn5)CC4)c3C2)C(=O)N1. The Morgan fingerprint density at radius 1 is 0.891 bits per heavy atom. The molecule has 0 saturated carbocycles. The van der Waals surface area contributed by atoms with Crippen LogP contribution in [0.1, 0.15) is 54.5 Å². The topological polar surface area (TPSA) is 120 Å². The molecule has 2 saturated heterocycles. The number of hydrogen-bond acceptors (Lipinski definition) is 10. The molecule has 14 heteroatoms. The minimum absolute atomic E-state index is 0.190. The number of carbonyl (C=O) groups is 2. The Kier molecular flexibility index (Phi) is 10.6. The fraction of sp³-hybridized carbons (Fsp3) is 0.341. The second kappa shape index (κ2) is 16.2. The van der Waals surface area contributed by atoms with E-state index in [-0.39, 0.29) is 23.4 Å². The minimum Gasteiger partial charge on any atom is -0.493 e. The summed E-state index contributed by atoms with van der Waals surface area (Å²) in [7, 11) is 0. The maximum absolute atomic E-state index is 13.6. The van der Waals surface area contributed by atoms with Crippen molar-refractivity contribution in [2.75, 3.05) is 49.5 Å². The minimum atomic E-state index is -0.679. The van der Waals surface area contributed by atoms with Crippen molar-refractivity contribution >= 4 is 34.8 Å². The van der Waals surface area contributed by atoms with Gasteiger partial charge in [0.2, 0.25) is 17.8 Å². The second-order valence-corrected chi connectivity index (χ2v) is 14.1. The number of amides is 2. The molecule has 282 valence electrons. The number of aromatic nitrogens is 4. The monoisotopic (exact) mass is 745 g/mol. The van der Waals surface area contributed by atoms with E-state index in [1.165, 1.54) is 17.7 Å². The molecule has 6 heterocycles. The number of benzene rings is 2. The number of carbonyl (C=O) groups excluding carboxylic acids is 2. The molecule has 55 heavy (non-hydrogen) atoms. The van der Waals surface area contributed by atoms with Crippen LogP contribution in [-0.2, 0) is 22.7 Å². The van der Waals surface area contributed by atoms with E-state index in [0.717, 1.165) is 86.4 Å². The average molecular weight is 746 g/mol. The number of imide groups is 1. The molecule has 8 rings (SSSR count). The van der Waals surface area contributed by atoms with Crippen LogP contribution in [-0.4, -0.2) is 86.6 Å². The Morgan fingerprint density at radius 3 is 2.55 bits per heavy atom. The lowest BCUT2D eigenvalue weighted by molar-refractivity contribution is -0.137. The average Bonchev–Trinajstić information content (AvgIpc) is 3.80. The van der Waals surface area contributed by atoms with E-state index in [9.17, 15) is 18.4 Å². The zero-order valence-corrected chi connectivity index (χ0v) is 30.3. The Bertz CT molecular complexity index is 2240. The van der Waals surface area contributed by atoms with E-state index in [0.29, 0.717) is 44.2 Å². The van der Waals surface area contributed by atoms with Crippen LogP contribution in [0, 0.1) is 23.5 Å². The van der Waals surface area contributed by atoms with Crippen LogP contribution in [0.3, 0.4) is 0 Å². The fourth-order valence-electron chi connectivity index (χ4n) is 7.39. The molecule has 1 atom stereocenters. The smallest absolute Gasteiger partial charge is 0.245 e. The van der Waals surface area contributed by atoms with Crippen LogP contribution in [0.5, 0.6) is 5.75 Å². The van der Waals surface area contributed by atoms with Crippen molar-refractivity contribution in [1.82, 2.24) is 34.7 Å². The van der Waals surface area contributed by atoms with Gasteiger partial charge in [-0.1, -0.05) is 18.1 Å². The predicted molar refractivity (Wildman–Crippen MR) is 203 cm³/mol. The highest BCUT2D eigenvalue weighted by Crippen LogP contribution is 2.33. The molecule has 2 amide bonds. The maximum Gasteiger partial charge on any atom is 0.245 e. The first kappa shape index (κ1) is 36.1. The zero-order valence-electron chi connectivity index (χ0n) is 30.3. The van der Waals surface area contributed by atoms with Gasteiger partial charge in [0.15, 0.2) is 0 Å². The fourth-order valence-corrected chi connectivity index (χ4v) is 7.39. The Morgan fingerprint density at radius 2 is 1.75 bits per heavy atom. The lowest BCUT2D eigenvalue weighted by Crippen LogP contribution is -2.50. The van der Waals surface area contributed by atoms with Crippen LogP contribution in [0.15, 0.2) is 73.1 Å². The number of hydrogen-bond donors (Lipinski definition) is 2. The van der Waals surface area contributed by atoms with Crippen molar-refractivity contribution in [3.05, 3.63) is 107 Å². The summed E-state index contributed by atoms with van der Waals surface area (Å²) in [4.78, 5) is 40.0. The first-order valence-corrected chi connectivity index (χ1v) is 18.7. The van der Waals surface area contributed by atoms with Gasteiger partial charge in [-0.25, -0.2) is 23.3 Å². The van der Waals surface area contributed by atoms with Crippen LogP contribution in [0.2, 0.25) is 0 Å². The third-order valence-electron chi connectivity index (χ3n) is 10.3. The molecule has 3 aliphatic heterocycles. The number of unbranched alkanes of at least 4 members (excludes halogenated alkanes) is 2. The number of pyridine rings is 1. The number of rotatable bonds is 11. The molecule has 0 radical (unpaired) electrons. The van der Waals surface area contributed by atoms with Crippen molar-refractivity contribution in [3.8, 4) is 17.6 Å². The summed E-state index contributed by atoms with van der Waals surface area (Å²) in [6.45, 7) is 6.81. The first-order valence-electron chi connectivity index (χ1n) is 18.7. The lowest BCUT2D eigenvalue weighted by Gasteiger charge is -2.35. The van der Waals surface area contributed by atoms with Crippen molar-refractivity contribution in [2.45, 2.75) is 51.2 Å². The standard InChI is InChI=1S/C41H41F2N9O3/c42-30-21-28(22-31(43)23-30)7-9-33-10-11-34-25-45-41(48-52(33)34)46-32-8-13-38(44-24-32)50-18-16-49(17-19-50)15-2-1-3-20-55-37-6-4-5-29-26-51(27-35(29)37)36-12-14-39(53)47-40(36)54/h4-6,8,10-11,13,21-25,36H,1-3,12,14-20,26-27H2,(H,46,48)(H,47,53,54). The normalized spacial score (nSPS) is 17.5. The molecule has 0 bridgehead atoms. The third kappa shape index (κ3) is 8.58. The largest absolute Gasteiger partial charge is 0.493 e. The number of ether oxygens (including phenoxy) is 1. The predicted octanol–water partition coefficient (Wildman–Crippen LogP) is 5.04. The van der Waals surface area contributed by atoms with Gasteiger partial charge in [-0.15, -0.1) is 5.10 Å². The van der Waals surface area contributed by atoms with Crippen molar-refractivity contribution in [3.63, 3.8) is 0 Å². The number of halogens is 2. The van der Waals surface area contributed by atoms with Crippen LogP contribution in [0.4, 0.5) is 26.2 Å². The molecule has 2 N–H and O–H groups in total. The van der Waals surface area contributed by atoms with Crippen LogP contribution < -0.4 is 20.3 Å². The van der Waals surface area contributed by atoms with Gasteiger partial charge in [-0.3, -0.25) is 24.7 Å². The molecule has 2 fully saturated rings. The summed E-state index contributed by atoms with van der Waals surface area (Å²) < 4.78 is 35.0. The number of piperazine rings is 1. The quantitative estimate of drug-likeness (QED) is 0.108. The van der Waals surface area contributed by atoms with E-state index in [1.54, 1.807) is 23.0 Å². The van der Waals surface area contributed by atoms with Gasteiger partial charge < -0.3 is 15.0 Å². The Balaban J connectivity index is 0.755. The van der Waals surface area contributed by atoms with E-state index in [1.807, 2.05) is 30.3 Å². The van der Waals surface area contributed by atoms with Gasteiger partial charge >= 0.3 is 0 Å². The first-order chi connectivity index (χ1) is 26.8. The lowest BCUT2D eigenvalue weighted by atomic mass is 10.0. The number of nitrogens with zero attached hydrogens (tertiary/aromatic N) is 7. The molecular formula is C41H41F2N9O3. The van der Waals surface area contributed by atoms with Gasteiger partial charge in [0.1, 0.15) is 28.9 Å². The van der Waals surface area contributed by atoms with Gasteiger partial charge in [-0.05, 0) is 86.2 Å². The van der Waals surface area contributed by atoms with E-state index >= 15 is 0 Å². The number of piperidine rings is 1. The third-order valence-corrected chi connectivity index (χ3v) is 10.3. The molecule has 2 aromatic carbocycles. The van der Waals surface area contributed by atoms with E-state index in [4.69, 9.17) is 9.72 Å². The summed E-state index contributed by atoms with van der Waals surface area (Å²) in [6, 6.07) is 16.6. The zero-order chi connectivity index (χ0) is 37.7. The van der Waals surface area contributed by atoms with Gasteiger partial charge in [0.25, 0.3) is 0 Å². The van der Waals surface area contributed by atoms with Crippen LogP contribution >= 0.6 is 0 Å². The molecule has 0 spiro atoms. The van der Waals surface area contributed by atoms with Gasteiger partial charge in [0.05, 0.1) is 36.2 Å². The highest BCUT2D eigenvalue weighted by Gasteiger charge is 2.35. The summed E-state index contributed by atoms with van der Waals surface area (Å²) in [5.41, 5.74) is 4.60. The molecule has 0 aliphatic carbocycles. The summed E-state index contributed by atoms with van der Waals surface area (Å²) >= 11 is 0. The van der Waals surface area contributed by atoms with Gasteiger partial charge in [-0.2, -0.15) is 0 Å². The number of fused-ring (bicyclic) bond motifs is 2. The number of nitrogens with one attached hydrogen (secondary N) is 2. The molecule has 5 aromatic rings. The summed E-state index contributed by atoms with van der Waals surface area (Å²) in [5.74, 6) is 6.17. The second-order valence-electron chi connectivity index (χ2n) is 14.1. The molecule has 1 unspecified atom stereocenters. The highest BCUT2D eigenvalue weighted by atomic mass is 19.1. The molecule has 3 aromatic heterocycles. The van der Waals surface area contributed by atoms with Crippen molar-refractivity contribution in [1.29, 1.82) is 0 Å². The Hall–Kier alpha value is -5.91. The van der Waals surface area contributed by atoms with Crippen molar-refractivity contribution in [2.24, 2.45) is 0 Å². The maximum atomic E-state index is 13.6. The molecule has 3 aliphatic rings. The Labute approximate surface area is 317 Å². The number of anilines is 3. The van der Waals surface area contributed by atoms with E-state index in [2.05, 4.69) is 53.3 Å².